The number of amides is 1. The molecule has 0 aromatic heterocycles. The first-order valence-electron chi connectivity index (χ1n) is 5.18. The largest absolute Gasteiger partial charge is 0.321 e. The van der Waals surface area contributed by atoms with E-state index in [2.05, 4.69) is 69.0 Å². The molecule has 1 N–H and O–H groups in total. The van der Waals surface area contributed by atoms with Crippen molar-refractivity contribution in [1.29, 1.82) is 0 Å². The van der Waals surface area contributed by atoms with Gasteiger partial charge in [0.1, 0.15) is 0 Å². The zero-order valence-corrected chi connectivity index (χ0v) is 15.7. The molecule has 0 saturated carbocycles. The zero-order chi connectivity index (χ0) is 14.0. The normalized spacial score (nSPS) is 10.3. The molecular weight excluding hydrogens is 506 g/mol. The summed E-state index contributed by atoms with van der Waals surface area (Å²) in [6.07, 6.45) is 0. The van der Waals surface area contributed by atoms with Crippen LogP contribution in [0.3, 0.4) is 0 Å². The quantitative estimate of drug-likeness (QED) is 0.526. The molecule has 0 saturated heterocycles. The van der Waals surface area contributed by atoms with E-state index in [9.17, 15) is 4.79 Å². The summed E-state index contributed by atoms with van der Waals surface area (Å²) in [6, 6.07) is 11.0. The summed E-state index contributed by atoms with van der Waals surface area (Å²) in [5.41, 5.74) is 1.31. The molecule has 6 heteroatoms. The van der Waals surface area contributed by atoms with Crippen LogP contribution in [-0.2, 0) is 0 Å². The van der Waals surface area contributed by atoms with E-state index in [-0.39, 0.29) is 5.91 Å². The second kappa shape index (κ2) is 6.52. The van der Waals surface area contributed by atoms with Crippen LogP contribution in [0.5, 0.6) is 0 Å². The first kappa shape index (κ1) is 15.2. The van der Waals surface area contributed by atoms with E-state index in [0.717, 1.165) is 23.6 Å². The van der Waals surface area contributed by atoms with Gasteiger partial charge in [-0.2, -0.15) is 0 Å². The Morgan fingerprint density at radius 2 is 1.47 bits per heavy atom. The van der Waals surface area contributed by atoms with Crippen molar-refractivity contribution in [3.05, 3.63) is 59.9 Å². The third kappa shape index (κ3) is 4.15. The summed E-state index contributed by atoms with van der Waals surface area (Å²) in [5, 5.41) is 2.86. The van der Waals surface area contributed by atoms with Gasteiger partial charge in [0.15, 0.2) is 0 Å². The summed E-state index contributed by atoms with van der Waals surface area (Å²) in [7, 11) is 0. The number of carbonyl (C=O) groups excluding carboxylic acids is 1. The van der Waals surface area contributed by atoms with Crippen molar-refractivity contribution in [3.8, 4) is 0 Å². The summed E-state index contributed by atoms with van der Waals surface area (Å²) in [4.78, 5) is 12.2. The van der Waals surface area contributed by atoms with Crippen LogP contribution in [0.25, 0.3) is 0 Å². The molecule has 0 unspecified atom stereocenters. The lowest BCUT2D eigenvalue weighted by Gasteiger charge is -2.08. The Balaban J connectivity index is 2.25. The van der Waals surface area contributed by atoms with Gasteiger partial charge in [-0.15, -0.1) is 0 Å². The van der Waals surface area contributed by atoms with Gasteiger partial charge in [0.25, 0.3) is 5.91 Å². The molecule has 1 amide bonds. The van der Waals surface area contributed by atoms with Crippen LogP contribution in [0.15, 0.2) is 54.3 Å². The number of benzene rings is 2. The van der Waals surface area contributed by atoms with Gasteiger partial charge < -0.3 is 5.32 Å². The zero-order valence-electron chi connectivity index (χ0n) is 9.38. The van der Waals surface area contributed by atoms with Gasteiger partial charge in [-0.1, -0.05) is 47.8 Å². The van der Waals surface area contributed by atoms with Crippen molar-refractivity contribution in [1.82, 2.24) is 0 Å². The second-order valence-electron chi connectivity index (χ2n) is 3.74. The molecule has 0 fully saturated rings. The van der Waals surface area contributed by atoms with E-state index in [1.54, 1.807) is 12.1 Å². The SMILES string of the molecule is O=C(Nc1ccc(Br)cc1Br)c1cc(Br)cc(Br)c1. The number of nitrogens with one attached hydrogen (secondary N) is 1. The molecule has 0 aliphatic carbocycles. The maximum atomic E-state index is 12.2. The molecule has 2 rings (SSSR count). The molecule has 0 bridgehead atoms. The second-order valence-corrected chi connectivity index (χ2v) is 7.34. The third-order valence-electron chi connectivity index (χ3n) is 2.30. The van der Waals surface area contributed by atoms with Gasteiger partial charge in [-0.3, -0.25) is 4.79 Å². The minimum atomic E-state index is -0.162. The molecule has 19 heavy (non-hydrogen) atoms. The lowest BCUT2D eigenvalue weighted by Crippen LogP contribution is -2.12. The number of halogens is 4. The monoisotopic (exact) mass is 509 g/mol. The van der Waals surface area contributed by atoms with Crippen molar-refractivity contribution >= 4 is 75.3 Å². The summed E-state index contributed by atoms with van der Waals surface area (Å²) in [6.45, 7) is 0. The average molecular weight is 513 g/mol. The maximum Gasteiger partial charge on any atom is 0.255 e. The predicted molar refractivity (Wildman–Crippen MR) is 91.6 cm³/mol. The Hall–Kier alpha value is -0.170. The maximum absolute atomic E-state index is 12.2. The molecular formula is C13H7Br4NO. The highest BCUT2D eigenvalue weighted by Crippen LogP contribution is 2.27. The van der Waals surface area contributed by atoms with Crippen molar-refractivity contribution in [2.24, 2.45) is 0 Å². The van der Waals surface area contributed by atoms with Gasteiger partial charge in [0, 0.05) is 23.5 Å². The van der Waals surface area contributed by atoms with E-state index < -0.39 is 0 Å². The summed E-state index contributed by atoms with van der Waals surface area (Å²) >= 11 is 13.5. The molecule has 2 aromatic rings. The Bertz CT molecular complexity index is 622. The Kier molecular flexibility index (Phi) is 5.22. The highest BCUT2D eigenvalue weighted by molar-refractivity contribution is 9.11. The molecule has 0 aliphatic heterocycles. The summed E-state index contributed by atoms with van der Waals surface area (Å²) in [5.74, 6) is -0.162. The molecule has 0 radical (unpaired) electrons. The van der Waals surface area contributed by atoms with Gasteiger partial charge in [-0.05, 0) is 52.3 Å². The van der Waals surface area contributed by atoms with Crippen molar-refractivity contribution < 1.29 is 4.79 Å². The van der Waals surface area contributed by atoms with Gasteiger partial charge in [-0.25, -0.2) is 0 Å². The van der Waals surface area contributed by atoms with Crippen LogP contribution in [-0.4, -0.2) is 5.91 Å². The fourth-order valence-electron chi connectivity index (χ4n) is 1.47. The van der Waals surface area contributed by atoms with E-state index >= 15 is 0 Å². The van der Waals surface area contributed by atoms with Crippen molar-refractivity contribution in [2.75, 3.05) is 5.32 Å². The fourth-order valence-corrected chi connectivity index (χ4v) is 3.91. The first-order chi connectivity index (χ1) is 8.95. The fraction of sp³-hybridized carbons (Fsp3) is 0. The van der Waals surface area contributed by atoms with E-state index in [0.29, 0.717) is 5.56 Å². The number of carbonyl (C=O) groups is 1. The Morgan fingerprint density at radius 3 is 2.05 bits per heavy atom. The molecule has 0 atom stereocenters. The lowest BCUT2D eigenvalue weighted by molar-refractivity contribution is 0.102. The van der Waals surface area contributed by atoms with E-state index in [1.807, 2.05) is 24.3 Å². The van der Waals surface area contributed by atoms with Crippen molar-refractivity contribution in [2.45, 2.75) is 0 Å². The average Bonchev–Trinajstić information content (AvgIpc) is 2.31. The van der Waals surface area contributed by atoms with Crippen LogP contribution in [0.2, 0.25) is 0 Å². The Morgan fingerprint density at radius 1 is 0.842 bits per heavy atom. The van der Waals surface area contributed by atoms with Gasteiger partial charge >= 0.3 is 0 Å². The number of rotatable bonds is 2. The molecule has 0 spiro atoms. The molecule has 2 aromatic carbocycles. The number of hydrogen-bond donors (Lipinski definition) is 1. The van der Waals surface area contributed by atoms with Crippen LogP contribution in [0, 0.1) is 0 Å². The summed E-state index contributed by atoms with van der Waals surface area (Å²) < 4.78 is 3.47. The van der Waals surface area contributed by atoms with Gasteiger partial charge in [0.05, 0.1) is 5.69 Å². The highest BCUT2D eigenvalue weighted by atomic mass is 79.9. The van der Waals surface area contributed by atoms with Crippen LogP contribution < -0.4 is 5.32 Å². The van der Waals surface area contributed by atoms with Crippen molar-refractivity contribution in [3.63, 3.8) is 0 Å². The van der Waals surface area contributed by atoms with Crippen LogP contribution in [0.1, 0.15) is 10.4 Å². The van der Waals surface area contributed by atoms with E-state index in [1.165, 1.54) is 0 Å². The third-order valence-corrected chi connectivity index (χ3v) is 4.37. The van der Waals surface area contributed by atoms with Crippen LogP contribution >= 0.6 is 63.7 Å². The first-order valence-corrected chi connectivity index (χ1v) is 8.35. The topological polar surface area (TPSA) is 29.1 Å². The molecule has 98 valence electrons. The Labute approximate surface area is 144 Å². The highest BCUT2D eigenvalue weighted by Gasteiger charge is 2.10. The number of anilines is 1. The predicted octanol–water partition coefficient (Wildman–Crippen LogP) is 5.99. The smallest absolute Gasteiger partial charge is 0.255 e. The minimum absolute atomic E-state index is 0.162. The molecule has 0 aliphatic rings. The minimum Gasteiger partial charge on any atom is -0.321 e. The molecule has 0 heterocycles. The van der Waals surface area contributed by atoms with Crippen LogP contribution in [0.4, 0.5) is 5.69 Å². The lowest BCUT2D eigenvalue weighted by atomic mass is 10.2. The van der Waals surface area contributed by atoms with Gasteiger partial charge in [0.2, 0.25) is 0 Å². The number of hydrogen-bond acceptors (Lipinski definition) is 1. The molecule has 2 nitrogen and oxygen atoms in total. The standard InChI is InChI=1S/C13H7Br4NO/c14-8-1-2-12(11(17)6-8)18-13(19)7-3-9(15)5-10(16)4-7/h1-6H,(H,18,19). The van der Waals surface area contributed by atoms with E-state index in [4.69, 9.17) is 0 Å².